The molecule has 0 radical (unpaired) electrons. The lowest BCUT2D eigenvalue weighted by Crippen LogP contribution is -2.36. The molecular formula is C35H51ClN2O5S. The van der Waals surface area contributed by atoms with Gasteiger partial charge in [0.15, 0.2) is 11.0 Å². The molecule has 2 bridgehead atoms. The van der Waals surface area contributed by atoms with Gasteiger partial charge < -0.3 is 19.5 Å². The number of nitrogens with one attached hydrogen (secondary N) is 1. The molecule has 2 heterocycles. The number of hydrogen-bond acceptors (Lipinski definition) is 6. The molecule has 2 aliphatic heterocycles. The Morgan fingerprint density at radius 1 is 1.14 bits per heavy atom. The van der Waals surface area contributed by atoms with Crippen molar-refractivity contribution in [2.24, 2.45) is 17.8 Å². The van der Waals surface area contributed by atoms with Crippen LogP contribution in [0.15, 0.2) is 53.4 Å². The van der Waals surface area contributed by atoms with Crippen LogP contribution in [-0.4, -0.2) is 55.7 Å². The SMILES string of the molecule is CCCc1cc(Cl)ccc1C1COc2ccc3cc2N(CCC(CC)C/C=C/CC(C)C(CCOC)C(=O)NS3=O)C1.CO. The molecule has 9 heteroatoms. The minimum atomic E-state index is -1.69. The summed E-state index contributed by atoms with van der Waals surface area (Å²) in [7, 11) is 0.957. The molecular weight excluding hydrogens is 596 g/mol. The van der Waals surface area contributed by atoms with Crippen LogP contribution in [0.5, 0.6) is 5.75 Å². The molecule has 2 N–H and O–H groups in total. The second kappa shape index (κ2) is 18.5. The van der Waals surface area contributed by atoms with E-state index in [0.29, 0.717) is 30.4 Å². The van der Waals surface area contributed by atoms with E-state index in [0.717, 1.165) is 75.2 Å². The van der Waals surface area contributed by atoms with Gasteiger partial charge in [-0.2, -0.15) is 0 Å². The Morgan fingerprint density at radius 3 is 2.64 bits per heavy atom. The zero-order valence-corrected chi connectivity index (χ0v) is 28.6. The lowest BCUT2D eigenvalue weighted by atomic mass is 9.87. The van der Waals surface area contributed by atoms with Crippen molar-refractivity contribution < 1.29 is 23.6 Å². The Morgan fingerprint density at radius 2 is 1.91 bits per heavy atom. The fraction of sp³-hybridized carbons (Fsp3) is 0.571. The molecule has 0 saturated heterocycles. The van der Waals surface area contributed by atoms with E-state index < -0.39 is 11.0 Å². The third-order valence-corrected chi connectivity index (χ3v) is 10.1. The summed E-state index contributed by atoms with van der Waals surface area (Å²) in [5.41, 5.74) is 3.49. The first-order valence-electron chi connectivity index (χ1n) is 16.0. The average molecular weight is 647 g/mol. The summed E-state index contributed by atoms with van der Waals surface area (Å²) in [5, 5.41) is 7.76. The summed E-state index contributed by atoms with van der Waals surface area (Å²) in [6.07, 6.45) is 11.1. The van der Waals surface area contributed by atoms with Crippen LogP contribution in [0, 0.1) is 17.8 Å². The maximum absolute atomic E-state index is 13.5. The lowest BCUT2D eigenvalue weighted by Gasteiger charge is -2.29. The number of fused-ring (bicyclic) bond motifs is 1. The second-order valence-electron chi connectivity index (χ2n) is 11.8. The first kappa shape index (κ1) is 36.1. The molecule has 5 unspecified atom stereocenters. The number of methoxy groups -OCH3 is 1. The Hall–Kier alpha value is -2.39. The molecule has 244 valence electrons. The van der Waals surface area contributed by atoms with Gasteiger partial charge >= 0.3 is 0 Å². The van der Waals surface area contributed by atoms with Crippen LogP contribution in [-0.2, 0) is 26.9 Å². The van der Waals surface area contributed by atoms with Crippen molar-refractivity contribution in [1.29, 1.82) is 0 Å². The maximum atomic E-state index is 13.5. The molecule has 0 spiro atoms. The van der Waals surface area contributed by atoms with E-state index in [4.69, 9.17) is 26.2 Å². The minimum absolute atomic E-state index is 0.111. The summed E-state index contributed by atoms with van der Waals surface area (Å²) in [6, 6.07) is 11.9. The van der Waals surface area contributed by atoms with Gasteiger partial charge in [0.25, 0.3) is 0 Å². The highest BCUT2D eigenvalue weighted by Gasteiger charge is 2.29. The van der Waals surface area contributed by atoms with Crippen LogP contribution in [0.2, 0.25) is 5.02 Å². The molecule has 0 saturated carbocycles. The number of aryl methyl sites for hydroxylation is 1. The van der Waals surface area contributed by atoms with Crippen molar-refractivity contribution in [3.05, 3.63) is 64.7 Å². The summed E-state index contributed by atoms with van der Waals surface area (Å²) < 4.78 is 28.1. The van der Waals surface area contributed by atoms with Crippen molar-refractivity contribution in [3.63, 3.8) is 0 Å². The molecule has 7 nitrogen and oxygen atoms in total. The molecule has 4 rings (SSSR count). The Bertz CT molecular complexity index is 1260. The van der Waals surface area contributed by atoms with Crippen LogP contribution < -0.4 is 14.4 Å². The number of carbonyl (C=O) groups excluding carboxylic acids is 1. The number of nitrogens with zero attached hydrogens (tertiary/aromatic N) is 1. The number of hydrogen-bond donors (Lipinski definition) is 2. The molecule has 2 aromatic carbocycles. The van der Waals surface area contributed by atoms with Gasteiger partial charge in [0.1, 0.15) is 5.75 Å². The Balaban J connectivity index is 0.00000259. The largest absolute Gasteiger partial charge is 0.491 e. The van der Waals surface area contributed by atoms with Gasteiger partial charge in [0.05, 0.1) is 17.2 Å². The van der Waals surface area contributed by atoms with E-state index in [1.54, 1.807) is 7.11 Å². The smallest absolute Gasteiger partial charge is 0.235 e. The number of rotatable bonds is 7. The summed E-state index contributed by atoms with van der Waals surface area (Å²) in [6.45, 7) is 9.24. The Kier molecular flexibility index (Phi) is 15.2. The highest BCUT2D eigenvalue weighted by molar-refractivity contribution is 7.83. The number of amides is 1. The summed E-state index contributed by atoms with van der Waals surface area (Å²) in [5.74, 6) is 1.13. The maximum Gasteiger partial charge on any atom is 0.235 e. The number of carbonyl (C=O) groups is 1. The number of anilines is 1. The van der Waals surface area contributed by atoms with E-state index in [2.05, 4.69) is 54.7 Å². The molecule has 0 aliphatic carbocycles. The highest BCUT2D eigenvalue weighted by Crippen LogP contribution is 2.38. The van der Waals surface area contributed by atoms with E-state index in [9.17, 15) is 9.00 Å². The predicted molar refractivity (Wildman–Crippen MR) is 181 cm³/mol. The second-order valence-corrected chi connectivity index (χ2v) is 13.4. The molecule has 1 amide bonds. The van der Waals surface area contributed by atoms with Crippen LogP contribution in [0.4, 0.5) is 5.69 Å². The molecule has 0 fully saturated rings. The molecule has 5 atom stereocenters. The third kappa shape index (κ3) is 9.80. The molecule has 0 aromatic heterocycles. The van der Waals surface area contributed by atoms with Crippen molar-refractivity contribution in [1.82, 2.24) is 4.72 Å². The van der Waals surface area contributed by atoms with E-state index in [1.165, 1.54) is 11.1 Å². The lowest BCUT2D eigenvalue weighted by molar-refractivity contribution is -0.125. The fourth-order valence-corrected chi connectivity index (χ4v) is 7.24. The van der Waals surface area contributed by atoms with Crippen LogP contribution >= 0.6 is 11.6 Å². The number of aliphatic hydroxyl groups is 1. The van der Waals surface area contributed by atoms with Crippen molar-refractivity contribution in [2.45, 2.75) is 76.5 Å². The quantitative estimate of drug-likeness (QED) is 0.313. The standard InChI is InChI=1S/C34H47ClN2O4S.CH4O/c1-5-9-26-20-28(35)12-14-31(26)27-22-37-18-16-25(6-2)11-8-7-10-24(3)30(17-19-40-4)34(38)36-42(39)29-13-15-33(41-23-27)32(37)21-29;1-2/h7-8,12-15,20-21,24-25,27,30H,5-6,9-11,16-19,22-23H2,1-4H3,(H,36,38);2H,1H3/b8-7+;. The van der Waals surface area contributed by atoms with Crippen LogP contribution in [0.25, 0.3) is 0 Å². The van der Waals surface area contributed by atoms with Crippen molar-refractivity contribution in [2.75, 3.05) is 45.4 Å². The van der Waals surface area contributed by atoms with Gasteiger partial charge in [0.2, 0.25) is 5.91 Å². The summed E-state index contributed by atoms with van der Waals surface area (Å²) in [4.78, 5) is 16.3. The molecule has 2 aromatic rings. The number of benzene rings is 2. The number of ether oxygens (including phenoxy) is 2. The topological polar surface area (TPSA) is 88.1 Å². The number of halogens is 1. The van der Waals surface area contributed by atoms with Gasteiger partial charge in [0, 0.05) is 50.8 Å². The Labute approximate surface area is 271 Å². The van der Waals surface area contributed by atoms with Crippen molar-refractivity contribution >= 4 is 34.2 Å². The molecule has 44 heavy (non-hydrogen) atoms. The van der Waals surface area contributed by atoms with Gasteiger partial charge in [-0.1, -0.05) is 63.4 Å². The first-order valence-corrected chi connectivity index (χ1v) is 17.5. The zero-order valence-electron chi connectivity index (χ0n) is 27.0. The van der Waals surface area contributed by atoms with Crippen LogP contribution in [0.1, 0.15) is 76.3 Å². The average Bonchev–Trinajstić information content (AvgIpc) is 3.20. The monoisotopic (exact) mass is 646 g/mol. The van der Waals surface area contributed by atoms with E-state index >= 15 is 0 Å². The predicted octanol–water partition coefficient (Wildman–Crippen LogP) is 7.08. The van der Waals surface area contributed by atoms with Crippen LogP contribution in [0.3, 0.4) is 0 Å². The first-order chi connectivity index (χ1) is 21.3. The van der Waals surface area contributed by atoms with Gasteiger partial charge in [-0.15, -0.1) is 0 Å². The van der Waals surface area contributed by atoms with Gasteiger partial charge in [-0.05, 0) is 85.4 Å². The van der Waals surface area contributed by atoms with Crippen molar-refractivity contribution in [3.8, 4) is 5.75 Å². The van der Waals surface area contributed by atoms with E-state index in [-0.39, 0.29) is 23.7 Å². The van der Waals surface area contributed by atoms with Gasteiger partial charge in [-0.3, -0.25) is 9.52 Å². The fourth-order valence-electron chi connectivity index (χ4n) is 6.18. The molecule has 2 aliphatic rings. The number of aliphatic hydroxyl groups excluding tert-OH is 1. The van der Waals surface area contributed by atoms with Gasteiger partial charge in [-0.25, -0.2) is 4.21 Å². The number of allylic oxidation sites excluding steroid dienone is 2. The highest BCUT2D eigenvalue weighted by atomic mass is 35.5. The third-order valence-electron chi connectivity index (χ3n) is 8.81. The summed E-state index contributed by atoms with van der Waals surface area (Å²) >= 11 is 6.39. The minimum Gasteiger partial charge on any atom is -0.491 e. The normalized spacial score (nSPS) is 25.1. The van der Waals surface area contributed by atoms with E-state index in [1.807, 2.05) is 24.3 Å². The zero-order chi connectivity index (χ0) is 32.1.